The third-order valence-electron chi connectivity index (χ3n) is 4.81. The molecule has 1 aliphatic rings. The van der Waals surface area contributed by atoms with Gasteiger partial charge in [0.15, 0.2) is 11.8 Å². The smallest absolute Gasteiger partial charge is 0.192 e. The molecule has 162 valence electrons. The second-order valence-electron chi connectivity index (χ2n) is 7.02. The van der Waals surface area contributed by atoms with Gasteiger partial charge in [-0.2, -0.15) is 0 Å². The van der Waals surface area contributed by atoms with Gasteiger partial charge < -0.3 is 24.7 Å². The molecule has 0 spiro atoms. The quantitative estimate of drug-likeness (QED) is 0.195. The molecular formula is C19H37IN6O2. The summed E-state index contributed by atoms with van der Waals surface area (Å²) in [7, 11) is 1.97. The third-order valence-corrected chi connectivity index (χ3v) is 4.81. The summed E-state index contributed by atoms with van der Waals surface area (Å²) in [5, 5.41) is 15.2. The van der Waals surface area contributed by atoms with E-state index < -0.39 is 0 Å². The van der Waals surface area contributed by atoms with Crippen molar-refractivity contribution in [1.82, 2.24) is 25.4 Å². The van der Waals surface area contributed by atoms with Crippen LogP contribution in [0.25, 0.3) is 0 Å². The molecule has 2 N–H and O–H groups in total. The Hall–Kier alpha value is -0.940. The highest BCUT2D eigenvalue weighted by molar-refractivity contribution is 14.0. The second-order valence-corrected chi connectivity index (χ2v) is 7.02. The van der Waals surface area contributed by atoms with E-state index >= 15 is 0 Å². The number of hydrogen-bond donors (Lipinski definition) is 2. The molecule has 1 heterocycles. The lowest BCUT2D eigenvalue weighted by Crippen LogP contribution is -2.43. The van der Waals surface area contributed by atoms with Crippen molar-refractivity contribution < 1.29 is 9.47 Å². The highest BCUT2D eigenvalue weighted by Crippen LogP contribution is 2.17. The van der Waals surface area contributed by atoms with Gasteiger partial charge in [0.2, 0.25) is 0 Å². The average Bonchev–Trinajstić information content (AvgIpc) is 3.29. The number of nitrogens with one attached hydrogen (secondary N) is 2. The van der Waals surface area contributed by atoms with Gasteiger partial charge in [-0.15, -0.1) is 34.2 Å². The Kier molecular flexibility index (Phi) is 13.4. The summed E-state index contributed by atoms with van der Waals surface area (Å²) in [4.78, 5) is 4.69. The molecular weight excluding hydrogens is 471 g/mol. The summed E-state index contributed by atoms with van der Waals surface area (Å²) in [6, 6.07) is 0.505. The number of halogens is 1. The first-order valence-corrected chi connectivity index (χ1v) is 10.3. The van der Waals surface area contributed by atoms with Crippen LogP contribution in [0, 0.1) is 6.92 Å². The van der Waals surface area contributed by atoms with E-state index in [2.05, 4.69) is 27.8 Å². The van der Waals surface area contributed by atoms with Gasteiger partial charge in [-0.25, -0.2) is 4.99 Å². The fourth-order valence-electron chi connectivity index (χ4n) is 2.96. The van der Waals surface area contributed by atoms with Crippen molar-refractivity contribution >= 4 is 29.9 Å². The van der Waals surface area contributed by atoms with Crippen LogP contribution in [0.4, 0.5) is 0 Å². The number of nitrogens with zero attached hydrogens (tertiary/aromatic N) is 4. The van der Waals surface area contributed by atoms with Crippen molar-refractivity contribution in [2.45, 2.75) is 65.0 Å². The van der Waals surface area contributed by atoms with Crippen molar-refractivity contribution in [3.05, 3.63) is 11.6 Å². The highest BCUT2D eigenvalue weighted by atomic mass is 127. The summed E-state index contributed by atoms with van der Waals surface area (Å²) in [6.07, 6.45) is 7.25. The van der Waals surface area contributed by atoms with Crippen LogP contribution in [-0.2, 0) is 23.1 Å². The van der Waals surface area contributed by atoms with Crippen molar-refractivity contribution in [2.75, 3.05) is 33.0 Å². The largest absolute Gasteiger partial charge is 0.379 e. The van der Waals surface area contributed by atoms with Gasteiger partial charge in [-0.05, 0) is 26.2 Å². The molecule has 28 heavy (non-hydrogen) atoms. The van der Waals surface area contributed by atoms with Gasteiger partial charge in [-0.1, -0.05) is 26.2 Å². The molecule has 0 aliphatic heterocycles. The molecule has 0 radical (unpaired) electrons. The molecule has 0 saturated heterocycles. The van der Waals surface area contributed by atoms with E-state index in [9.17, 15) is 0 Å². The number of aromatic nitrogens is 3. The van der Waals surface area contributed by atoms with Crippen molar-refractivity contribution in [1.29, 1.82) is 0 Å². The number of ether oxygens (including phenoxy) is 2. The van der Waals surface area contributed by atoms with Crippen LogP contribution in [-0.4, -0.2) is 59.7 Å². The van der Waals surface area contributed by atoms with Gasteiger partial charge >= 0.3 is 0 Å². The Bertz CT molecular complexity index is 561. The van der Waals surface area contributed by atoms with E-state index in [1.165, 1.54) is 25.7 Å². The third kappa shape index (κ3) is 9.51. The maximum absolute atomic E-state index is 5.62. The fourth-order valence-corrected chi connectivity index (χ4v) is 2.96. The number of aliphatic imine (C=N–C) groups is 1. The fraction of sp³-hybridized carbons (Fsp3) is 0.842. The minimum absolute atomic E-state index is 0. The molecule has 2 rings (SSSR count). The summed E-state index contributed by atoms with van der Waals surface area (Å²) in [6.45, 7) is 8.07. The van der Waals surface area contributed by atoms with Crippen molar-refractivity contribution in [3.8, 4) is 0 Å². The molecule has 1 saturated carbocycles. The average molecular weight is 508 g/mol. The summed E-state index contributed by atoms with van der Waals surface area (Å²) in [5.74, 6) is 2.58. The zero-order chi connectivity index (χ0) is 19.3. The van der Waals surface area contributed by atoms with Crippen LogP contribution in [0.15, 0.2) is 4.99 Å². The van der Waals surface area contributed by atoms with E-state index in [-0.39, 0.29) is 24.0 Å². The van der Waals surface area contributed by atoms with E-state index in [0.717, 1.165) is 37.1 Å². The molecule has 0 aromatic carbocycles. The standard InChI is InChI=1S/C19H36N6O2.HI/c1-4-5-11-26-13-14-27-12-10-20-19(22-17-8-6-7-9-17)21-15-18-24-23-16(2)25(18)3;/h17H,4-15H2,1-3H3,(H2,20,21,22);1H. The number of unbranched alkanes of at least 4 members (excludes halogenated alkanes) is 1. The summed E-state index contributed by atoms with van der Waals surface area (Å²) >= 11 is 0. The van der Waals surface area contributed by atoms with Crippen LogP contribution in [0.5, 0.6) is 0 Å². The lowest BCUT2D eigenvalue weighted by Gasteiger charge is -2.17. The molecule has 0 atom stereocenters. The van der Waals surface area contributed by atoms with Crippen LogP contribution in [0.2, 0.25) is 0 Å². The monoisotopic (exact) mass is 508 g/mol. The van der Waals surface area contributed by atoms with Gasteiger partial charge in [0.1, 0.15) is 12.4 Å². The maximum Gasteiger partial charge on any atom is 0.192 e. The minimum Gasteiger partial charge on any atom is -0.379 e. The maximum atomic E-state index is 5.62. The predicted octanol–water partition coefficient (Wildman–Crippen LogP) is 2.55. The van der Waals surface area contributed by atoms with E-state index in [1.54, 1.807) is 0 Å². The molecule has 0 bridgehead atoms. The summed E-state index contributed by atoms with van der Waals surface area (Å²) in [5.41, 5.74) is 0. The molecule has 1 aliphatic carbocycles. The van der Waals surface area contributed by atoms with Gasteiger partial charge in [0.25, 0.3) is 0 Å². The Balaban J connectivity index is 0.00000392. The Morgan fingerprint density at radius 1 is 1.14 bits per heavy atom. The zero-order valence-electron chi connectivity index (χ0n) is 17.6. The second kappa shape index (κ2) is 15.0. The summed E-state index contributed by atoms with van der Waals surface area (Å²) < 4.78 is 13.1. The Morgan fingerprint density at radius 3 is 2.50 bits per heavy atom. The molecule has 0 unspecified atom stereocenters. The SMILES string of the molecule is CCCCOCCOCCNC(=NCc1nnc(C)n1C)NC1CCCC1.I. The zero-order valence-corrected chi connectivity index (χ0v) is 19.9. The Morgan fingerprint density at radius 2 is 1.86 bits per heavy atom. The normalized spacial score (nSPS) is 14.9. The first-order chi connectivity index (χ1) is 13.2. The van der Waals surface area contributed by atoms with Crippen LogP contribution in [0.3, 0.4) is 0 Å². The predicted molar refractivity (Wildman–Crippen MR) is 122 cm³/mol. The van der Waals surface area contributed by atoms with Crippen LogP contribution < -0.4 is 10.6 Å². The topological polar surface area (TPSA) is 85.6 Å². The highest BCUT2D eigenvalue weighted by Gasteiger charge is 2.16. The van der Waals surface area contributed by atoms with Crippen LogP contribution >= 0.6 is 24.0 Å². The molecule has 1 fully saturated rings. The van der Waals surface area contributed by atoms with E-state index in [1.807, 2.05) is 18.5 Å². The lowest BCUT2D eigenvalue weighted by molar-refractivity contribution is 0.0487. The lowest BCUT2D eigenvalue weighted by atomic mass is 10.2. The van der Waals surface area contributed by atoms with Gasteiger partial charge in [0, 0.05) is 26.2 Å². The van der Waals surface area contributed by atoms with Gasteiger partial charge in [0.05, 0.1) is 19.8 Å². The molecule has 9 heteroatoms. The minimum atomic E-state index is 0. The van der Waals surface area contributed by atoms with E-state index in [0.29, 0.717) is 39.0 Å². The number of rotatable bonds is 12. The van der Waals surface area contributed by atoms with Gasteiger partial charge in [-0.3, -0.25) is 0 Å². The molecule has 1 aromatic heterocycles. The van der Waals surface area contributed by atoms with Crippen molar-refractivity contribution in [2.24, 2.45) is 12.0 Å². The first kappa shape index (κ1) is 25.1. The number of hydrogen-bond acceptors (Lipinski definition) is 5. The van der Waals surface area contributed by atoms with E-state index in [4.69, 9.17) is 14.5 Å². The van der Waals surface area contributed by atoms with Crippen molar-refractivity contribution in [3.63, 3.8) is 0 Å². The molecule has 1 aromatic rings. The first-order valence-electron chi connectivity index (χ1n) is 10.3. The number of aryl methyl sites for hydroxylation is 1. The Labute approximate surface area is 186 Å². The molecule has 0 amide bonds. The molecule has 8 nitrogen and oxygen atoms in total. The van der Waals surface area contributed by atoms with Crippen LogP contribution in [0.1, 0.15) is 57.1 Å². The number of guanidine groups is 1.